The Morgan fingerprint density at radius 2 is 0.513 bits per heavy atom. The lowest BCUT2D eigenvalue weighted by molar-refractivity contribution is -0.784. The minimum absolute atomic E-state index is 0.886. The van der Waals surface area contributed by atoms with Gasteiger partial charge in [0.25, 0.3) is 0 Å². The largest absolute Gasteiger partial charge is 0.276 e. The van der Waals surface area contributed by atoms with Crippen molar-refractivity contribution in [1.29, 1.82) is 0 Å². The number of hydrogen-bond acceptors (Lipinski definition) is 0. The summed E-state index contributed by atoms with van der Waals surface area (Å²) in [5.74, 6) is 0. The van der Waals surface area contributed by atoms with E-state index in [1.165, 1.54) is 193 Å². The monoisotopic (exact) mass is 547 g/mol. The summed E-state index contributed by atoms with van der Waals surface area (Å²) >= 11 is 0. The van der Waals surface area contributed by atoms with Crippen LogP contribution in [0.1, 0.15) is 206 Å². The van der Waals surface area contributed by atoms with Crippen LogP contribution < -0.4 is 0 Å². The summed E-state index contributed by atoms with van der Waals surface area (Å²) < 4.78 is 0.886. The van der Waals surface area contributed by atoms with E-state index in [0.717, 1.165) is 4.48 Å². The van der Waals surface area contributed by atoms with Gasteiger partial charge in [-0.3, -0.25) is 4.48 Å². The van der Waals surface area contributed by atoms with Crippen molar-refractivity contribution in [2.45, 2.75) is 206 Å². The molecule has 232 valence electrons. The molecule has 0 heterocycles. The molecule has 0 bridgehead atoms. The molecule has 0 unspecified atom stereocenters. The Balaban J connectivity index is 3.42. The molecule has 0 aliphatic carbocycles. The van der Waals surface area contributed by atoms with E-state index in [0.29, 0.717) is 0 Å². The van der Waals surface area contributed by atoms with E-state index in [2.05, 4.69) is 52.5 Å². The van der Waals surface area contributed by atoms with Crippen LogP contribution in [0.15, 0.2) is 24.6 Å². The molecule has 0 radical (unpaired) electrons. The number of nitrogens with zero attached hydrogens (tertiary/aromatic N) is 1. The standard InChI is InChI=1S/C38H76N/c1-5-7-9-11-13-15-17-19-21-23-25-27-29-31-33-35-37-39(3,4)38-36-34-32-30-28-26-24-22-20-18-16-14-12-10-8-6-2/h35-38H,5-34H2,1-4H3/q+1. The number of allylic oxidation sites excluding steroid dienone is 2. The molecule has 0 fully saturated rings. The highest BCUT2D eigenvalue weighted by atomic mass is 15.3. The second kappa shape index (κ2) is 32.0. The van der Waals surface area contributed by atoms with Crippen molar-refractivity contribution < 1.29 is 4.48 Å². The molecule has 1 heteroatoms. The van der Waals surface area contributed by atoms with Crippen molar-refractivity contribution >= 4 is 0 Å². The predicted octanol–water partition coefficient (Wildman–Crippen LogP) is 13.8. The van der Waals surface area contributed by atoms with Crippen LogP contribution in [0.5, 0.6) is 0 Å². The van der Waals surface area contributed by atoms with Crippen LogP contribution in [0.4, 0.5) is 0 Å². The highest BCUT2D eigenvalue weighted by Crippen LogP contribution is 2.15. The maximum Gasteiger partial charge on any atom is 0.0959 e. The zero-order valence-electron chi connectivity index (χ0n) is 28.0. The lowest BCUT2D eigenvalue weighted by atomic mass is 10.0. The maximum absolute atomic E-state index is 2.41. The minimum Gasteiger partial charge on any atom is -0.276 e. The third-order valence-corrected chi connectivity index (χ3v) is 8.43. The van der Waals surface area contributed by atoms with E-state index in [9.17, 15) is 0 Å². The van der Waals surface area contributed by atoms with Crippen molar-refractivity contribution in [3.8, 4) is 0 Å². The van der Waals surface area contributed by atoms with Crippen molar-refractivity contribution in [1.82, 2.24) is 0 Å². The molecule has 0 atom stereocenters. The molecule has 0 N–H and O–H groups in total. The van der Waals surface area contributed by atoms with E-state index in [-0.39, 0.29) is 0 Å². The van der Waals surface area contributed by atoms with Gasteiger partial charge in [0.05, 0.1) is 26.5 Å². The molecule has 1 nitrogen and oxygen atoms in total. The molecule has 0 aliphatic rings. The van der Waals surface area contributed by atoms with Gasteiger partial charge in [-0.05, 0) is 37.8 Å². The van der Waals surface area contributed by atoms with Gasteiger partial charge < -0.3 is 0 Å². The van der Waals surface area contributed by atoms with Crippen LogP contribution >= 0.6 is 0 Å². The van der Waals surface area contributed by atoms with Gasteiger partial charge in [-0.15, -0.1) is 0 Å². The first-order valence-corrected chi connectivity index (χ1v) is 18.3. The highest BCUT2D eigenvalue weighted by molar-refractivity contribution is 4.80. The fourth-order valence-corrected chi connectivity index (χ4v) is 5.66. The summed E-state index contributed by atoms with van der Waals surface area (Å²) in [6.45, 7) is 4.61. The molecule has 0 saturated carbocycles. The molecule has 0 spiro atoms. The summed E-state index contributed by atoms with van der Waals surface area (Å²) in [5.41, 5.74) is 0. The zero-order chi connectivity index (χ0) is 28.5. The smallest absolute Gasteiger partial charge is 0.0959 e. The molecule has 0 aromatic heterocycles. The third-order valence-electron chi connectivity index (χ3n) is 8.43. The average molecular weight is 547 g/mol. The molecule has 0 aliphatic heterocycles. The third kappa shape index (κ3) is 33.5. The highest BCUT2D eigenvalue weighted by Gasteiger charge is 2.05. The Morgan fingerprint density at radius 1 is 0.308 bits per heavy atom. The van der Waals surface area contributed by atoms with Gasteiger partial charge in [0.15, 0.2) is 0 Å². The lowest BCUT2D eigenvalue weighted by Crippen LogP contribution is -2.25. The quantitative estimate of drug-likeness (QED) is 0.0581. The molecule has 0 rings (SSSR count). The summed E-state index contributed by atoms with van der Waals surface area (Å²) in [7, 11) is 4.59. The minimum atomic E-state index is 0.886. The summed E-state index contributed by atoms with van der Waals surface area (Å²) in [4.78, 5) is 0. The molecule has 0 amide bonds. The second-order valence-electron chi connectivity index (χ2n) is 13.2. The van der Waals surface area contributed by atoms with Crippen LogP contribution in [-0.2, 0) is 0 Å². The summed E-state index contributed by atoms with van der Waals surface area (Å²) in [6, 6.07) is 0. The predicted molar refractivity (Wildman–Crippen MR) is 180 cm³/mol. The van der Waals surface area contributed by atoms with Gasteiger partial charge in [-0.1, -0.05) is 181 Å². The van der Waals surface area contributed by atoms with Gasteiger partial charge >= 0.3 is 0 Å². The zero-order valence-corrected chi connectivity index (χ0v) is 28.0. The van der Waals surface area contributed by atoms with E-state index >= 15 is 0 Å². The van der Waals surface area contributed by atoms with Gasteiger partial charge in [0.2, 0.25) is 0 Å². The molecule has 39 heavy (non-hydrogen) atoms. The Labute approximate surface area is 249 Å². The van der Waals surface area contributed by atoms with E-state index in [1.807, 2.05) is 0 Å². The Morgan fingerprint density at radius 3 is 0.744 bits per heavy atom. The van der Waals surface area contributed by atoms with E-state index < -0.39 is 0 Å². The number of unbranched alkanes of at least 4 members (excludes halogenated alkanes) is 28. The van der Waals surface area contributed by atoms with Crippen molar-refractivity contribution in [3.05, 3.63) is 24.6 Å². The van der Waals surface area contributed by atoms with Gasteiger partial charge in [-0.2, -0.15) is 0 Å². The first kappa shape index (κ1) is 38.4. The molecular weight excluding hydrogens is 470 g/mol. The number of quaternary nitrogens is 1. The first-order chi connectivity index (χ1) is 19.1. The second-order valence-corrected chi connectivity index (χ2v) is 13.2. The fraction of sp³-hybridized carbons (Fsp3) is 0.895. The van der Waals surface area contributed by atoms with Crippen LogP contribution in [-0.4, -0.2) is 18.6 Å². The van der Waals surface area contributed by atoms with E-state index in [4.69, 9.17) is 0 Å². The van der Waals surface area contributed by atoms with Crippen LogP contribution in [0.3, 0.4) is 0 Å². The molecule has 0 aromatic rings. The van der Waals surface area contributed by atoms with Gasteiger partial charge in [0.1, 0.15) is 0 Å². The molecule has 0 aromatic carbocycles. The Hall–Kier alpha value is -0.560. The fourth-order valence-electron chi connectivity index (χ4n) is 5.66. The van der Waals surface area contributed by atoms with Crippen molar-refractivity contribution in [3.63, 3.8) is 0 Å². The lowest BCUT2D eigenvalue weighted by Gasteiger charge is -2.19. The topological polar surface area (TPSA) is 0 Å². The van der Waals surface area contributed by atoms with Gasteiger partial charge in [-0.25, -0.2) is 0 Å². The van der Waals surface area contributed by atoms with Crippen molar-refractivity contribution in [2.75, 3.05) is 14.1 Å². The molecular formula is C38H76N+. The van der Waals surface area contributed by atoms with Gasteiger partial charge in [0, 0.05) is 0 Å². The summed E-state index contributed by atoms with van der Waals surface area (Å²) in [6.07, 6.45) is 52.4. The normalized spacial score (nSPS) is 12.4. The number of hydrogen-bond donors (Lipinski definition) is 0. The SMILES string of the molecule is CCCCCCCCCCCCCCCCC=C[N+](C)(C)C=CCCCCCCCCCCCCCCCC. The van der Waals surface area contributed by atoms with Crippen LogP contribution in [0.25, 0.3) is 0 Å². The first-order valence-electron chi connectivity index (χ1n) is 18.3. The number of rotatable bonds is 32. The summed E-state index contributed by atoms with van der Waals surface area (Å²) in [5, 5.41) is 0. The van der Waals surface area contributed by atoms with E-state index in [1.54, 1.807) is 0 Å². The van der Waals surface area contributed by atoms with Crippen molar-refractivity contribution in [2.24, 2.45) is 0 Å². The van der Waals surface area contributed by atoms with Crippen LogP contribution in [0.2, 0.25) is 0 Å². The maximum atomic E-state index is 2.41. The van der Waals surface area contributed by atoms with Crippen LogP contribution in [0, 0.1) is 0 Å². The Bertz CT molecular complexity index is 459. The molecule has 0 saturated heterocycles. The Kier molecular flexibility index (Phi) is 31.5. The average Bonchev–Trinajstić information content (AvgIpc) is 2.92.